The average Bonchev–Trinajstić information content (AvgIpc) is 2.84. The molecule has 0 spiro atoms. The number of benzene rings is 1. The summed E-state index contributed by atoms with van der Waals surface area (Å²) >= 11 is 0. The number of pyridine rings is 3. The van der Waals surface area contributed by atoms with E-state index >= 15 is 0 Å². The quantitative estimate of drug-likeness (QED) is 0.334. The number of hydrogen-bond acceptors (Lipinski definition) is 7. The molecule has 3 aromatic heterocycles. The summed E-state index contributed by atoms with van der Waals surface area (Å²) in [6, 6.07) is 17.8. The number of hydrogen-bond donors (Lipinski definition) is 0. The number of nitrogens with zero attached hydrogens (tertiary/aromatic N) is 3. The molecule has 0 atom stereocenters. The van der Waals surface area contributed by atoms with Gasteiger partial charge in [0.25, 0.3) is 12.9 Å². The molecule has 0 saturated heterocycles. The summed E-state index contributed by atoms with van der Waals surface area (Å²) < 4.78 is 9.94. The zero-order valence-electron chi connectivity index (χ0n) is 17.6. The third-order valence-electron chi connectivity index (χ3n) is 4.59. The van der Waals surface area contributed by atoms with Gasteiger partial charge in [-0.15, -0.1) is 0 Å². The van der Waals surface area contributed by atoms with Gasteiger partial charge in [0.1, 0.15) is 11.5 Å². The Bertz CT molecular complexity index is 1370. The highest BCUT2D eigenvalue weighted by Gasteiger charge is 2.11. The largest absolute Gasteiger partial charge is 0.429 e. The van der Waals surface area contributed by atoms with E-state index in [1.807, 2.05) is 31.2 Å². The van der Waals surface area contributed by atoms with Crippen molar-refractivity contribution in [3.63, 3.8) is 0 Å². The molecule has 0 aliphatic rings. The molecule has 7 heteroatoms. The van der Waals surface area contributed by atoms with Crippen molar-refractivity contribution in [2.24, 2.45) is 0 Å². The number of ether oxygens (including phenoxy) is 2. The van der Waals surface area contributed by atoms with Gasteiger partial charge < -0.3 is 9.47 Å². The summed E-state index contributed by atoms with van der Waals surface area (Å²) in [5.74, 6) is 6.84. The van der Waals surface area contributed by atoms with Gasteiger partial charge in [-0.1, -0.05) is 29.5 Å². The van der Waals surface area contributed by atoms with Crippen LogP contribution in [0.4, 0.5) is 0 Å². The van der Waals surface area contributed by atoms with Gasteiger partial charge >= 0.3 is 0 Å². The van der Waals surface area contributed by atoms with Crippen LogP contribution in [0.1, 0.15) is 16.7 Å². The third-order valence-corrected chi connectivity index (χ3v) is 4.59. The van der Waals surface area contributed by atoms with Crippen LogP contribution in [0.2, 0.25) is 0 Å². The van der Waals surface area contributed by atoms with E-state index < -0.39 is 0 Å². The number of aryl methyl sites for hydroxylation is 1. The first-order valence-electron chi connectivity index (χ1n) is 9.89. The molecule has 0 radical (unpaired) electrons. The van der Waals surface area contributed by atoms with Crippen LogP contribution >= 0.6 is 0 Å². The molecule has 0 N–H and O–H groups in total. The van der Waals surface area contributed by atoms with Crippen LogP contribution in [0, 0.1) is 18.8 Å². The van der Waals surface area contributed by atoms with E-state index in [0.717, 1.165) is 11.1 Å². The fourth-order valence-corrected chi connectivity index (χ4v) is 3.00. The first-order valence-corrected chi connectivity index (χ1v) is 9.89. The van der Waals surface area contributed by atoms with E-state index in [2.05, 4.69) is 26.8 Å². The maximum atomic E-state index is 11.0. The number of aromatic nitrogens is 3. The Balaban J connectivity index is 1.72. The van der Waals surface area contributed by atoms with Crippen LogP contribution in [0.25, 0.3) is 22.8 Å². The summed E-state index contributed by atoms with van der Waals surface area (Å²) in [4.78, 5) is 34.9. The normalized spacial score (nSPS) is 9.97. The van der Waals surface area contributed by atoms with E-state index in [4.69, 9.17) is 9.47 Å². The molecule has 4 aromatic rings. The first kappa shape index (κ1) is 21.4. The van der Waals surface area contributed by atoms with Gasteiger partial charge in [-0.3, -0.25) is 19.6 Å². The molecule has 4 rings (SSSR count). The zero-order valence-corrected chi connectivity index (χ0v) is 17.6. The lowest BCUT2D eigenvalue weighted by Crippen LogP contribution is -1.97. The molecule has 0 aliphatic heterocycles. The predicted molar refractivity (Wildman–Crippen MR) is 121 cm³/mol. The molecule has 0 amide bonds. The Hall–Kier alpha value is -4.83. The second-order valence-corrected chi connectivity index (χ2v) is 6.92. The molecule has 160 valence electrons. The van der Waals surface area contributed by atoms with Gasteiger partial charge in [0.05, 0.1) is 22.8 Å². The molecule has 0 unspecified atom stereocenters. The second-order valence-electron chi connectivity index (χ2n) is 6.92. The zero-order chi connectivity index (χ0) is 23.0. The smallest absolute Gasteiger partial charge is 0.298 e. The van der Waals surface area contributed by atoms with E-state index in [-0.39, 0.29) is 5.75 Å². The molecule has 3 heterocycles. The Morgan fingerprint density at radius 1 is 0.667 bits per heavy atom. The highest BCUT2D eigenvalue weighted by Crippen LogP contribution is 2.28. The van der Waals surface area contributed by atoms with Crippen LogP contribution in [-0.4, -0.2) is 27.9 Å². The minimum absolute atomic E-state index is 0.270. The molecule has 33 heavy (non-hydrogen) atoms. The molecular formula is C26H17N3O4. The third kappa shape index (κ3) is 5.46. The summed E-state index contributed by atoms with van der Waals surface area (Å²) in [6.45, 7) is 2.69. The highest BCUT2D eigenvalue weighted by atomic mass is 16.5. The summed E-state index contributed by atoms with van der Waals surface area (Å²) in [5, 5.41) is 0. The second kappa shape index (κ2) is 9.98. The number of rotatable bonds is 6. The summed E-state index contributed by atoms with van der Waals surface area (Å²) in [5.41, 5.74) is 4.69. The molecule has 0 aliphatic carbocycles. The minimum Gasteiger partial charge on any atom is -0.429 e. The highest BCUT2D eigenvalue weighted by molar-refractivity contribution is 5.67. The molecule has 7 nitrogen and oxygen atoms in total. The first-order chi connectivity index (χ1) is 16.1. The Labute approximate surface area is 190 Å². The SMILES string of the molecule is Cc1ccc(C#Cc2ccnc(-c3cc(OC=O)cc(-c4cc(OC=O)ccn4)n3)c2)cc1. The number of carbonyl (C=O) groups excluding carboxylic acids is 2. The fraction of sp³-hybridized carbons (Fsp3) is 0.0385. The van der Waals surface area contributed by atoms with Gasteiger partial charge in [-0.25, -0.2) is 4.98 Å². The maximum absolute atomic E-state index is 11.0. The monoisotopic (exact) mass is 435 g/mol. The molecule has 0 fully saturated rings. The topological polar surface area (TPSA) is 91.3 Å². The van der Waals surface area contributed by atoms with Crippen LogP contribution in [0.3, 0.4) is 0 Å². The fourth-order valence-electron chi connectivity index (χ4n) is 3.00. The van der Waals surface area contributed by atoms with E-state index in [0.29, 0.717) is 41.5 Å². The van der Waals surface area contributed by atoms with E-state index in [9.17, 15) is 9.59 Å². The lowest BCUT2D eigenvalue weighted by molar-refractivity contribution is -0.121. The van der Waals surface area contributed by atoms with E-state index in [1.54, 1.807) is 42.6 Å². The van der Waals surface area contributed by atoms with Crippen LogP contribution in [0.5, 0.6) is 11.5 Å². The molecule has 1 aromatic carbocycles. The van der Waals surface area contributed by atoms with Crippen molar-refractivity contribution in [1.82, 2.24) is 15.0 Å². The van der Waals surface area contributed by atoms with Crippen molar-refractivity contribution < 1.29 is 19.1 Å². The van der Waals surface area contributed by atoms with Crippen molar-refractivity contribution in [2.75, 3.05) is 0 Å². The Morgan fingerprint density at radius 2 is 1.24 bits per heavy atom. The summed E-state index contributed by atoms with van der Waals surface area (Å²) in [6.07, 6.45) is 3.13. The van der Waals surface area contributed by atoms with Gasteiger partial charge in [-0.05, 0) is 37.3 Å². The van der Waals surface area contributed by atoms with Crippen LogP contribution in [0.15, 0.2) is 73.1 Å². The standard InChI is InChI=1S/C26H17N3O4/c1-18-2-4-19(5-3-18)6-7-20-8-10-27-23(12-20)25-14-22(33-17-31)15-26(29-25)24-13-21(32-16-30)9-11-28-24/h2-5,8-17H,1H3. The maximum Gasteiger partial charge on any atom is 0.298 e. The van der Waals surface area contributed by atoms with Crippen molar-refractivity contribution in [2.45, 2.75) is 6.92 Å². The summed E-state index contributed by atoms with van der Waals surface area (Å²) in [7, 11) is 0. The van der Waals surface area contributed by atoms with Crippen LogP contribution in [-0.2, 0) is 9.59 Å². The Kier molecular flexibility index (Phi) is 6.48. The lowest BCUT2D eigenvalue weighted by atomic mass is 10.1. The number of carbonyl (C=O) groups is 2. The minimum atomic E-state index is 0.270. The van der Waals surface area contributed by atoms with Gasteiger partial charge in [0.2, 0.25) is 0 Å². The van der Waals surface area contributed by atoms with Gasteiger partial charge in [-0.2, -0.15) is 0 Å². The van der Waals surface area contributed by atoms with Crippen molar-refractivity contribution >= 4 is 12.9 Å². The van der Waals surface area contributed by atoms with Crippen LogP contribution < -0.4 is 9.47 Å². The molecular weight excluding hydrogens is 418 g/mol. The predicted octanol–water partition coefficient (Wildman–Crippen LogP) is 3.98. The Morgan fingerprint density at radius 3 is 1.94 bits per heavy atom. The lowest BCUT2D eigenvalue weighted by Gasteiger charge is -2.08. The average molecular weight is 435 g/mol. The molecule has 0 saturated carbocycles. The van der Waals surface area contributed by atoms with Crippen molar-refractivity contribution in [1.29, 1.82) is 0 Å². The molecule has 0 bridgehead atoms. The van der Waals surface area contributed by atoms with Crippen molar-refractivity contribution in [3.8, 4) is 46.1 Å². The van der Waals surface area contributed by atoms with Gasteiger partial charge in [0.15, 0.2) is 0 Å². The van der Waals surface area contributed by atoms with Crippen molar-refractivity contribution in [3.05, 3.63) is 89.7 Å². The van der Waals surface area contributed by atoms with Gasteiger partial charge in [0, 0.05) is 41.7 Å². The van der Waals surface area contributed by atoms with E-state index in [1.165, 1.54) is 11.8 Å².